The van der Waals surface area contributed by atoms with E-state index in [4.69, 9.17) is 10.2 Å². The highest BCUT2D eigenvalue weighted by atomic mass is 16.4. The predicted molar refractivity (Wildman–Crippen MR) is 57.1 cm³/mol. The average molecular weight is 230 g/mol. The summed E-state index contributed by atoms with van der Waals surface area (Å²) >= 11 is 0. The summed E-state index contributed by atoms with van der Waals surface area (Å²) in [6.07, 6.45) is 1.21. The van der Waals surface area contributed by atoms with E-state index in [1.807, 2.05) is 0 Å². The number of hydrogen-bond acceptors (Lipinski definition) is 3. The first-order chi connectivity index (χ1) is 7.49. The Bertz CT molecular complexity index is 282. The van der Waals surface area contributed by atoms with Crippen molar-refractivity contribution >= 4 is 12.0 Å². The minimum atomic E-state index is -0.962. The number of likely N-dealkylation sites (tertiary alicyclic amines) is 1. The lowest BCUT2D eigenvalue weighted by molar-refractivity contribution is -0.141. The molecule has 6 nitrogen and oxygen atoms in total. The van der Waals surface area contributed by atoms with Crippen LogP contribution in [0, 0.1) is 0 Å². The molecule has 0 spiro atoms. The molecule has 6 heteroatoms. The van der Waals surface area contributed by atoms with E-state index in [0.717, 1.165) is 0 Å². The van der Waals surface area contributed by atoms with E-state index >= 15 is 0 Å². The van der Waals surface area contributed by atoms with Crippen LogP contribution < -0.4 is 0 Å². The number of aliphatic hydroxyl groups is 1. The number of likely N-dealkylation sites (N-methyl/N-ethyl adjacent to an activating group) is 1. The van der Waals surface area contributed by atoms with Crippen LogP contribution in [0.4, 0.5) is 4.79 Å². The molecular formula is C10H18N2O4. The monoisotopic (exact) mass is 230 g/mol. The SMILES string of the molecule is CC(CO)N(C)C(=O)N1CCC[C@@H]1C(=O)O. The summed E-state index contributed by atoms with van der Waals surface area (Å²) in [5, 5.41) is 17.9. The van der Waals surface area contributed by atoms with Crippen molar-refractivity contribution in [3.8, 4) is 0 Å². The predicted octanol–water partition coefficient (Wildman–Crippen LogP) is -0.0320. The summed E-state index contributed by atoms with van der Waals surface area (Å²) in [6, 6.07) is -1.35. The lowest BCUT2D eigenvalue weighted by atomic mass is 10.2. The van der Waals surface area contributed by atoms with Crippen LogP contribution in [0.2, 0.25) is 0 Å². The highest BCUT2D eigenvalue weighted by Gasteiger charge is 2.36. The molecule has 1 unspecified atom stereocenters. The van der Waals surface area contributed by atoms with Gasteiger partial charge in [0.25, 0.3) is 0 Å². The maximum absolute atomic E-state index is 11.9. The third kappa shape index (κ3) is 2.44. The Morgan fingerprint density at radius 1 is 1.56 bits per heavy atom. The highest BCUT2D eigenvalue weighted by molar-refractivity contribution is 5.83. The number of carboxylic acid groups (broad SMARTS) is 1. The molecule has 0 radical (unpaired) electrons. The van der Waals surface area contributed by atoms with Crippen LogP contribution in [-0.2, 0) is 4.79 Å². The zero-order valence-corrected chi connectivity index (χ0v) is 9.59. The number of carboxylic acids is 1. The Hall–Kier alpha value is -1.30. The Morgan fingerprint density at radius 3 is 2.69 bits per heavy atom. The van der Waals surface area contributed by atoms with Gasteiger partial charge in [0.2, 0.25) is 0 Å². The zero-order chi connectivity index (χ0) is 12.3. The van der Waals surface area contributed by atoms with Crippen molar-refractivity contribution in [2.75, 3.05) is 20.2 Å². The standard InChI is InChI=1S/C10H18N2O4/c1-7(6-13)11(2)10(16)12-5-3-4-8(12)9(14)15/h7-8,13H,3-6H2,1-2H3,(H,14,15)/t7?,8-/m1/s1. The van der Waals surface area contributed by atoms with Gasteiger partial charge in [0.05, 0.1) is 12.6 Å². The Balaban J connectivity index is 2.69. The number of carbonyl (C=O) groups is 2. The first-order valence-corrected chi connectivity index (χ1v) is 5.36. The van der Waals surface area contributed by atoms with Gasteiger partial charge in [-0.05, 0) is 19.8 Å². The summed E-state index contributed by atoms with van der Waals surface area (Å²) in [7, 11) is 1.57. The number of aliphatic carboxylic acids is 1. The van der Waals surface area contributed by atoms with Crippen LogP contribution in [-0.4, -0.2) is 64.3 Å². The molecule has 0 aliphatic carbocycles. The number of aliphatic hydroxyl groups excluding tert-OH is 1. The second-order valence-corrected chi connectivity index (χ2v) is 4.11. The molecule has 0 saturated carbocycles. The topological polar surface area (TPSA) is 81.1 Å². The van der Waals surface area contributed by atoms with Crippen molar-refractivity contribution in [1.29, 1.82) is 0 Å². The Labute approximate surface area is 94.4 Å². The lowest BCUT2D eigenvalue weighted by Crippen LogP contribution is -2.50. The number of amides is 2. The quantitative estimate of drug-likeness (QED) is 0.713. The molecule has 2 atom stereocenters. The van der Waals surface area contributed by atoms with Crippen molar-refractivity contribution in [2.45, 2.75) is 31.8 Å². The average Bonchev–Trinajstić information content (AvgIpc) is 2.74. The molecule has 1 aliphatic heterocycles. The minimum Gasteiger partial charge on any atom is -0.480 e. The van der Waals surface area contributed by atoms with E-state index in [0.29, 0.717) is 19.4 Å². The number of urea groups is 1. The third-order valence-electron chi connectivity index (χ3n) is 3.01. The molecule has 1 aliphatic rings. The van der Waals surface area contributed by atoms with Crippen molar-refractivity contribution in [3.05, 3.63) is 0 Å². The van der Waals surface area contributed by atoms with Gasteiger partial charge >= 0.3 is 12.0 Å². The highest BCUT2D eigenvalue weighted by Crippen LogP contribution is 2.19. The number of rotatable bonds is 3. The largest absolute Gasteiger partial charge is 0.480 e. The molecule has 92 valence electrons. The second kappa shape index (κ2) is 5.16. The van der Waals surface area contributed by atoms with E-state index < -0.39 is 12.0 Å². The van der Waals surface area contributed by atoms with Gasteiger partial charge in [-0.25, -0.2) is 9.59 Å². The van der Waals surface area contributed by atoms with Gasteiger partial charge in [0.15, 0.2) is 0 Å². The van der Waals surface area contributed by atoms with Crippen LogP contribution in [0.15, 0.2) is 0 Å². The molecule has 2 N–H and O–H groups in total. The molecule has 0 bridgehead atoms. The van der Waals surface area contributed by atoms with Gasteiger partial charge in [-0.3, -0.25) is 0 Å². The van der Waals surface area contributed by atoms with Crippen molar-refractivity contribution < 1.29 is 19.8 Å². The summed E-state index contributed by atoms with van der Waals surface area (Å²) in [4.78, 5) is 25.6. The van der Waals surface area contributed by atoms with Crippen LogP contribution in [0.5, 0.6) is 0 Å². The fourth-order valence-corrected chi connectivity index (χ4v) is 1.77. The van der Waals surface area contributed by atoms with E-state index in [-0.39, 0.29) is 18.7 Å². The van der Waals surface area contributed by atoms with Crippen LogP contribution >= 0.6 is 0 Å². The molecule has 0 aromatic rings. The van der Waals surface area contributed by atoms with E-state index in [2.05, 4.69) is 0 Å². The summed E-state index contributed by atoms with van der Waals surface area (Å²) in [5.41, 5.74) is 0. The van der Waals surface area contributed by atoms with E-state index in [1.54, 1.807) is 14.0 Å². The lowest BCUT2D eigenvalue weighted by Gasteiger charge is -2.30. The summed E-state index contributed by atoms with van der Waals surface area (Å²) in [5.74, 6) is -0.962. The number of carbonyl (C=O) groups excluding carboxylic acids is 1. The third-order valence-corrected chi connectivity index (χ3v) is 3.01. The minimum absolute atomic E-state index is 0.131. The van der Waals surface area contributed by atoms with Gasteiger partial charge in [-0.1, -0.05) is 0 Å². The molecular weight excluding hydrogens is 212 g/mol. The Morgan fingerprint density at radius 2 is 2.19 bits per heavy atom. The Kier molecular flexibility index (Phi) is 4.12. The molecule has 1 rings (SSSR count). The van der Waals surface area contributed by atoms with Gasteiger partial charge in [-0.15, -0.1) is 0 Å². The molecule has 1 saturated heterocycles. The first kappa shape index (κ1) is 12.8. The second-order valence-electron chi connectivity index (χ2n) is 4.11. The van der Waals surface area contributed by atoms with Crippen LogP contribution in [0.1, 0.15) is 19.8 Å². The van der Waals surface area contributed by atoms with E-state index in [9.17, 15) is 9.59 Å². The smallest absolute Gasteiger partial charge is 0.326 e. The zero-order valence-electron chi connectivity index (χ0n) is 9.59. The van der Waals surface area contributed by atoms with Crippen molar-refractivity contribution in [2.24, 2.45) is 0 Å². The van der Waals surface area contributed by atoms with Gasteiger partial charge < -0.3 is 20.0 Å². The number of hydrogen-bond donors (Lipinski definition) is 2. The van der Waals surface area contributed by atoms with Gasteiger partial charge in [-0.2, -0.15) is 0 Å². The first-order valence-electron chi connectivity index (χ1n) is 5.36. The van der Waals surface area contributed by atoms with Gasteiger partial charge in [0, 0.05) is 13.6 Å². The van der Waals surface area contributed by atoms with Crippen molar-refractivity contribution in [1.82, 2.24) is 9.80 Å². The number of nitrogens with zero attached hydrogens (tertiary/aromatic N) is 2. The van der Waals surface area contributed by atoms with Gasteiger partial charge in [0.1, 0.15) is 6.04 Å². The van der Waals surface area contributed by atoms with E-state index in [1.165, 1.54) is 9.80 Å². The normalized spacial score (nSPS) is 21.9. The molecule has 1 fully saturated rings. The fourth-order valence-electron chi connectivity index (χ4n) is 1.77. The van der Waals surface area contributed by atoms with Crippen LogP contribution in [0.25, 0.3) is 0 Å². The molecule has 0 aromatic carbocycles. The molecule has 1 heterocycles. The molecule has 16 heavy (non-hydrogen) atoms. The maximum atomic E-state index is 11.9. The molecule has 0 aromatic heterocycles. The maximum Gasteiger partial charge on any atom is 0.326 e. The fraction of sp³-hybridized carbons (Fsp3) is 0.800. The van der Waals surface area contributed by atoms with Crippen LogP contribution in [0.3, 0.4) is 0 Å². The van der Waals surface area contributed by atoms with Crippen molar-refractivity contribution in [3.63, 3.8) is 0 Å². The summed E-state index contributed by atoms with van der Waals surface area (Å²) in [6.45, 7) is 2.05. The molecule has 2 amide bonds. The summed E-state index contributed by atoms with van der Waals surface area (Å²) < 4.78 is 0.